The number of guanidine groups is 1. The van der Waals surface area contributed by atoms with E-state index in [0.29, 0.717) is 25.6 Å². The molecule has 1 aliphatic rings. The van der Waals surface area contributed by atoms with E-state index in [-0.39, 0.29) is 49.1 Å². The predicted octanol–water partition coefficient (Wildman–Crippen LogP) is 3.27. The molecule has 2 aromatic carbocycles. The van der Waals surface area contributed by atoms with Crippen molar-refractivity contribution < 1.29 is 14.6 Å². The van der Waals surface area contributed by atoms with Gasteiger partial charge in [0.25, 0.3) is 0 Å². The van der Waals surface area contributed by atoms with E-state index in [2.05, 4.69) is 27.8 Å². The molecule has 180 valence electrons. The number of rotatable bonds is 8. The number of nitrogens with one attached hydrogen (secondary N) is 2. The van der Waals surface area contributed by atoms with Crippen LogP contribution in [0.1, 0.15) is 43.6 Å². The third-order valence-electron chi connectivity index (χ3n) is 5.30. The fourth-order valence-electron chi connectivity index (χ4n) is 3.65. The van der Waals surface area contributed by atoms with Crippen molar-refractivity contribution in [1.82, 2.24) is 15.5 Å². The molecular weight excluding hydrogens is 531 g/mol. The Morgan fingerprint density at radius 2 is 1.82 bits per heavy atom. The fraction of sp³-hybridized carbons (Fsp3) is 0.440. The van der Waals surface area contributed by atoms with E-state index in [1.807, 2.05) is 62.1 Å². The van der Waals surface area contributed by atoms with Gasteiger partial charge in [0, 0.05) is 26.2 Å². The Labute approximate surface area is 213 Å². The maximum absolute atomic E-state index is 12.7. The lowest BCUT2D eigenvalue weighted by Gasteiger charge is -2.28. The first kappa shape index (κ1) is 26.9. The molecule has 3 rings (SSSR count). The first-order chi connectivity index (χ1) is 15.5. The molecule has 0 fully saturated rings. The fourth-order valence-corrected chi connectivity index (χ4v) is 3.65. The molecule has 0 bridgehead atoms. The van der Waals surface area contributed by atoms with Gasteiger partial charge in [0.15, 0.2) is 5.96 Å². The second-order valence-electron chi connectivity index (χ2n) is 8.16. The van der Waals surface area contributed by atoms with Crippen LogP contribution in [0.4, 0.5) is 0 Å². The lowest BCUT2D eigenvalue weighted by molar-refractivity contribution is -0.130. The summed E-state index contributed by atoms with van der Waals surface area (Å²) in [7, 11) is 0. The van der Waals surface area contributed by atoms with Crippen LogP contribution in [0.2, 0.25) is 0 Å². The van der Waals surface area contributed by atoms with Crippen molar-refractivity contribution in [2.45, 2.75) is 45.9 Å². The second kappa shape index (κ2) is 13.4. The van der Waals surface area contributed by atoms with Gasteiger partial charge in [-0.2, -0.15) is 0 Å². The van der Waals surface area contributed by atoms with E-state index >= 15 is 0 Å². The predicted molar refractivity (Wildman–Crippen MR) is 142 cm³/mol. The molecule has 3 N–H and O–H groups in total. The minimum atomic E-state index is -0.707. The number of halogens is 1. The summed E-state index contributed by atoms with van der Waals surface area (Å²) in [6.45, 7) is 8.26. The van der Waals surface area contributed by atoms with Crippen molar-refractivity contribution in [3.8, 4) is 5.75 Å². The molecule has 8 heteroatoms. The van der Waals surface area contributed by atoms with Crippen LogP contribution in [0.25, 0.3) is 0 Å². The Kier molecular flexibility index (Phi) is 10.9. The first-order valence-electron chi connectivity index (χ1n) is 11.3. The maximum atomic E-state index is 12.7. The Hall–Kier alpha value is -2.33. The highest BCUT2D eigenvalue weighted by atomic mass is 127. The van der Waals surface area contributed by atoms with Crippen LogP contribution < -0.4 is 15.4 Å². The van der Waals surface area contributed by atoms with Crippen molar-refractivity contribution in [2.75, 3.05) is 26.2 Å². The average Bonchev–Trinajstić information content (AvgIpc) is 2.80. The van der Waals surface area contributed by atoms with Gasteiger partial charge in [0.05, 0.1) is 12.2 Å². The van der Waals surface area contributed by atoms with Gasteiger partial charge in [-0.1, -0.05) is 36.4 Å². The molecule has 1 amide bonds. The van der Waals surface area contributed by atoms with Gasteiger partial charge in [0.2, 0.25) is 5.91 Å². The Bertz CT molecular complexity index is 918. The number of aliphatic hydroxyl groups excluding tert-OH is 1. The van der Waals surface area contributed by atoms with Crippen molar-refractivity contribution in [3.63, 3.8) is 0 Å². The summed E-state index contributed by atoms with van der Waals surface area (Å²) in [5.41, 5.74) is 3.30. The molecule has 0 aliphatic carbocycles. The molecule has 0 saturated carbocycles. The van der Waals surface area contributed by atoms with Crippen LogP contribution in [0.5, 0.6) is 5.75 Å². The smallest absolute Gasteiger partial charge is 0.244 e. The van der Waals surface area contributed by atoms with Crippen LogP contribution in [0.3, 0.4) is 0 Å². The summed E-state index contributed by atoms with van der Waals surface area (Å²) in [4.78, 5) is 19.0. The van der Waals surface area contributed by atoms with Crippen LogP contribution in [0.15, 0.2) is 53.5 Å². The molecule has 2 aromatic rings. The van der Waals surface area contributed by atoms with E-state index in [9.17, 15) is 9.90 Å². The molecule has 33 heavy (non-hydrogen) atoms. The third kappa shape index (κ3) is 8.19. The number of carbonyl (C=O) groups is 1. The second-order valence-corrected chi connectivity index (χ2v) is 8.16. The molecule has 0 saturated heterocycles. The molecular formula is C25H35IN4O3. The number of aliphatic hydroxyl groups is 1. The molecule has 1 unspecified atom stereocenters. The minimum Gasteiger partial charge on any atom is -0.491 e. The van der Waals surface area contributed by atoms with Gasteiger partial charge in [-0.05, 0) is 56.0 Å². The largest absolute Gasteiger partial charge is 0.491 e. The van der Waals surface area contributed by atoms with Gasteiger partial charge in [-0.25, -0.2) is 4.99 Å². The number of carbonyl (C=O) groups excluding carboxylic acids is 1. The highest BCUT2D eigenvalue weighted by Gasteiger charge is 2.20. The summed E-state index contributed by atoms with van der Waals surface area (Å²) >= 11 is 0. The van der Waals surface area contributed by atoms with Gasteiger partial charge in [0.1, 0.15) is 12.3 Å². The standard InChI is InChI=1S/C25H34N4O3.HI/c1-4-26-25(27-15-23(30)20-9-11-22(12-10-20)32-18(2)3)28-16-24(31)29-14-13-19-7-5-6-8-21(19)17-29;/h5-12,18,23,30H,4,13-17H2,1-3H3,(H2,26,27,28);1H. The van der Waals surface area contributed by atoms with Crippen LogP contribution in [-0.2, 0) is 17.8 Å². The van der Waals surface area contributed by atoms with Crippen molar-refractivity contribution in [3.05, 3.63) is 65.2 Å². The summed E-state index contributed by atoms with van der Waals surface area (Å²) < 4.78 is 5.64. The molecule has 0 spiro atoms. The van der Waals surface area contributed by atoms with Crippen LogP contribution in [0, 0.1) is 0 Å². The third-order valence-corrected chi connectivity index (χ3v) is 5.30. The zero-order valence-electron chi connectivity index (χ0n) is 19.6. The van der Waals surface area contributed by atoms with Gasteiger partial charge < -0.3 is 25.4 Å². The van der Waals surface area contributed by atoms with E-state index in [1.165, 1.54) is 11.1 Å². The number of fused-ring (bicyclic) bond motifs is 1. The first-order valence-corrected chi connectivity index (χ1v) is 11.3. The van der Waals surface area contributed by atoms with Crippen molar-refractivity contribution >= 4 is 35.8 Å². The molecule has 1 atom stereocenters. The molecule has 0 radical (unpaired) electrons. The number of hydrogen-bond donors (Lipinski definition) is 3. The van der Waals surface area contributed by atoms with E-state index in [0.717, 1.165) is 17.7 Å². The number of benzene rings is 2. The van der Waals surface area contributed by atoms with Gasteiger partial charge in [-0.3, -0.25) is 4.79 Å². The van der Waals surface area contributed by atoms with E-state index in [1.54, 1.807) is 0 Å². The number of nitrogens with zero attached hydrogens (tertiary/aromatic N) is 2. The Balaban J connectivity index is 0.00000385. The minimum absolute atomic E-state index is 0. The molecule has 7 nitrogen and oxygen atoms in total. The molecule has 1 heterocycles. The van der Waals surface area contributed by atoms with Gasteiger partial charge >= 0.3 is 0 Å². The zero-order valence-corrected chi connectivity index (χ0v) is 21.9. The number of hydrogen-bond acceptors (Lipinski definition) is 4. The lowest BCUT2D eigenvalue weighted by Crippen LogP contribution is -2.41. The summed E-state index contributed by atoms with van der Waals surface area (Å²) in [5.74, 6) is 1.28. The normalized spacial score (nSPS) is 14.2. The van der Waals surface area contributed by atoms with Crippen molar-refractivity contribution in [1.29, 1.82) is 0 Å². The lowest BCUT2D eigenvalue weighted by atomic mass is 10.00. The molecule has 0 aromatic heterocycles. The number of ether oxygens (including phenoxy) is 1. The Morgan fingerprint density at radius 1 is 1.12 bits per heavy atom. The Morgan fingerprint density at radius 3 is 2.48 bits per heavy atom. The summed E-state index contributed by atoms with van der Waals surface area (Å²) in [5, 5.41) is 16.8. The van der Waals surface area contributed by atoms with Gasteiger partial charge in [-0.15, -0.1) is 24.0 Å². The zero-order chi connectivity index (χ0) is 22.9. The number of amides is 1. The SMILES string of the molecule is CCNC(=NCC(=O)N1CCc2ccccc2C1)NCC(O)c1ccc(OC(C)C)cc1.I. The highest BCUT2D eigenvalue weighted by molar-refractivity contribution is 14.0. The monoisotopic (exact) mass is 566 g/mol. The number of aliphatic imine (C=N–C) groups is 1. The van der Waals surface area contributed by atoms with Crippen LogP contribution >= 0.6 is 24.0 Å². The summed E-state index contributed by atoms with van der Waals surface area (Å²) in [6, 6.07) is 15.7. The average molecular weight is 566 g/mol. The quantitative estimate of drug-likeness (QED) is 0.260. The van der Waals surface area contributed by atoms with Crippen molar-refractivity contribution in [2.24, 2.45) is 4.99 Å². The highest BCUT2D eigenvalue weighted by Crippen LogP contribution is 2.19. The summed E-state index contributed by atoms with van der Waals surface area (Å²) in [6.07, 6.45) is 0.270. The topological polar surface area (TPSA) is 86.2 Å². The van der Waals surface area contributed by atoms with Crippen LogP contribution in [-0.4, -0.2) is 54.2 Å². The molecule has 1 aliphatic heterocycles. The van der Waals surface area contributed by atoms with E-state index in [4.69, 9.17) is 4.74 Å². The maximum Gasteiger partial charge on any atom is 0.244 e. The van der Waals surface area contributed by atoms with E-state index < -0.39 is 6.10 Å².